The molecule has 0 N–H and O–H groups in total. The van der Waals surface area contributed by atoms with Crippen LogP contribution in [0.25, 0.3) is 16.8 Å². The third-order valence-corrected chi connectivity index (χ3v) is 4.09. The summed E-state index contributed by atoms with van der Waals surface area (Å²) in [6.07, 6.45) is 4.08. The molecule has 0 spiro atoms. The number of hydrogen-bond acceptors (Lipinski definition) is 1. The maximum Gasteiger partial charge on any atom is 0.174 e. The Kier molecular flexibility index (Phi) is 2.71. The molecule has 1 atom stereocenters. The summed E-state index contributed by atoms with van der Waals surface area (Å²) in [6, 6.07) is 22.2. The van der Waals surface area contributed by atoms with Gasteiger partial charge in [-0.05, 0) is 34.0 Å². The lowest BCUT2D eigenvalue weighted by Crippen LogP contribution is -2.15. The van der Waals surface area contributed by atoms with E-state index >= 15 is 0 Å². The summed E-state index contributed by atoms with van der Waals surface area (Å²) in [5.74, 6) is 0.0179. The third kappa shape index (κ3) is 1.98. The first kappa shape index (κ1) is 12.1. The minimum Gasteiger partial charge on any atom is -0.293 e. The van der Waals surface area contributed by atoms with Gasteiger partial charge in [0.1, 0.15) is 0 Å². The maximum absolute atomic E-state index is 12.8. The molecule has 0 heterocycles. The Bertz CT molecular complexity index is 859. The first-order valence-electron chi connectivity index (χ1n) is 7.13. The number of allylic oxidation sites excluding steroid dienone is 1. The van der Waals surface area contributed by atoms with E-state index in [0.29, 0.717) is 0 Å². The highest BCUT2D eigenvalue weighted by Gasteiger charge is 2.24. The maximum atomic E-state index is 12.8. The predicted octanol–water partition coefficient (Wildman–Crippen LogP) is 4.83. The van der Waals surface area contributed by atoms with Gasteiger partial charge >= 0.3 is 0 Å². The Morgan fingerprint density at radius 1 is 0.762 bits per heavy atom. The number of fused-ring (bicyclic) bond motifs is 2. The van der Waals surface area contributed by atoms with Gasteiger partial charge in [0, 0.05) is 5.56 Å². The van der Waals surface area contributed by atoms with E-state index in [4.69, 9.17) is 0 Å². The molecule has 1 nitrogen and oxygen atoms in total. The van der Waals surface area contributed by atoms with Gasteiger partial charge in [0.2, 0.25) is 0 Å². The second-order valence-corrected chi connectivity index (χ2v) is 5.40. The lowest BCUT2D eigenvalue weighted by molar-refractivity contribution is 0.0975. The van der Waals surface area contributed by atoms with Gasteiger partial charge in [0.15, 0.2) is 5.78 Å². The van der Waals surface area contributed by atoms with Gasteiger partial charge in [-0.1, -0.05) is 66.7 Å². The van der Waals surface area contributed by atoms with Crippen molar-refractivity contribution in [2.45, 2.75) is 5.92 Å². The average molecular weight is 270 g/mol. The quantitative estimate of drug-likeness (QED) is 0.618. The van der Waals surface area contributed by atoms with Gasteiger partial charge in [-0.15, -0.1) is 0 Å². The van der Waals surface area contributed by atoms with Gasteiger partial charge in [0.25, 0.3) is 0 Å². The minimum atomic E-state index is -0.167. The van der Waals surface area contributed by atoms with Crippen LogP contribution in [0, 0.1) is 0 Å². The molecule has 0 saturated heterocycles. The van der Waals surface area contributed by atoms with Crippen molar-refractivity contribution in [1.29, 1.82) is 0 Å². The van der Waals surface area contributed by atoms with Crippen LogP contribution in [-0.2, 0) is 0 Å². The standard InChI is InChI=1S/C20H14O/c21-20-18(14-6-2-1-3-7-14)11-10-17-12-15-8-4-5-9-16(15)13-19(17)20/h1-13,18H. The van der Waals surface area contributed by atoms with E-state index in [1.165, 1.54) is 5.39 Å². The Labute approximate surface area is 123 Å². The van der Waals surface area contributed by atoms with E-state index in [9.17, 15) is 4.79 Å². The molecule has 3 aromatic carbocycles. The zero-order valence-corrected chi connectivity index (χ0v) is 11.5. The van der Waals surface area contributed by atoms with Gasteiger partial charge < -0.3 is 0 Å². The minimum absolute atomic E-state index is 0.167. The van der Waals surface area contributed by atoms with Crippen LogP contribution in [-0.4, -0.2) is 5.78 Å². The zero-order valence-electron chi connectivity index (χ0n) is 11.5. The van der Waals surface area contributed by atoms with Crippen molar-refractivity contribution in [2.75, 3.05) is 0 Å². The van der Waals surface area contributed by atoms with E-state index in [1.807, 2.05) is 54.6 Å². The molecule has 0 aromatic heterocycles. The van der Waals surface area contributed by atoms with Crippen molar-refractivity contribution < 1.29 is 4.79 Å². The van der Waals surface area contributed by atoms with Crippen LogP contribution in [0.4, 0.5) is 0 Å². The van der Waals surface area contributed by atoms with E-state index in [2.05, 4.69) is 24.3 Å². The summed E-state index contributed by atoms with van der Waals surface area (Å²) in [5.41, 5.74) is 2.90. The topological polar surface area (TPSA) is 17.1 Å². The van der Waals surface area contributed by atoms with E-state index in [1.54, 1.807) is 0 Å². The third-order valence-electron chi connectivity index (χ3n) is 4.09. The number of rotatable bonds is 1. The fraction of sp³-hybridized carbons (Fsp3) is 0.0500. The molecule has 1 heteroatoms. The monoisotopic (exact) mass is 270 g/mol. The SMILES string of the molecule is O=C1c2cc3ccccc3cc2C=CC1c1ccccc1. The van der Waals surface area contributed by atoms with Crippen LogP contribution in [0.1, 0.15) is 27.4 Å². The lowest BCUT2D eigenvalue weighted by Gasteiger charge is -2.19. The largest absolute Gasteiger partial charge is 0.293 e. The first-order valence-corrected chi connectivity index (χ1v) is 7.13. The van der Waals surface area contributed by atoms with Crippen molar-refractivity contribution in [1.82, 2.24) is 0 Å². The second-order valence-electron chi connectivity index (χ2n) is 5.40. The predicted molar refractivity (Wildman–Crippen MR) is 86.5 cm³/mol. The molecule has 1 aliphatic carbocycles. The molecule has 4 rings (SSSR count). The van der Waals surface area contributed by atoms with E-state index < -0.39 is 0 Å². The van der Waals surface area contributed by atoms with Crippen LogP contribution < -0.4 is 0 Å². The molecular formula is C20H14O. The summed E-state index contributed by atoms with van der Waals surface area (Å²) in [4.78, 5) is 12.8. The normalized spacial score (nSPS) is 17.0. The van der Waals surface area contributed by atoms with Gasteiger partial charge in [-0.2, -0.15) is 0 Å². The van der Waals surface area contributed by atoms with Crippen molar-refractivity contribution in [3.63, 3.8) is 0 Å². The molecule has 0 bridgehead atoms. The van der Waals surface area contributed by atoms with Crippen molar-refractivity contribution in [3.8, 4) is 0 Å². The Morgan fingerprint density at radius 3 is 2.19 bits per heavy atom. The highest BCUT2D eigenvalue weighted by atomic mass is 16.1. The van der Waals surface area contributed by atoms with Crippen molar-refractivity contribution in [2.24, 2.45) is 0 Å². The smallest absolute Gasteiger partial charge is 0.174 e. The fourth-order valence-corrected chi connectivity index (χ4v) is 2.99. The number of ketones is 1. The summed E-state index contributed by atoms with van der Waals surface area (Å²) >= 11 is 0. The fourth-order valence-electron chi connectivity index (χ4n) is 2.99. The zero-order chi connectivity index (χ0) is 14.2. The average Bonchev–Trinajstić information content (AvgIpc) is 2.55. The van der Waals surface area contributed by atoms with E-state index in [0.717, 1.165) is 22.1 Å². The van der Waals surface area contributed by atoms with E-state index in [-0.39, 0.29) is 11.7 Å². The summed E-state index contributed by atoms with van der Waals surface area (Å²) in [6.45, 7) is 0. The molecule has 21 heavy (non-hydrogen) atoms. The lowest BCUT2D eigenvalue weighted by atomic mass is 9.83. The summed E-state index contributed by atoms with van der Waals surface area (Å²) < 4.78 is 0. The molecule has 100 valence electrons. The molecule has 1 unspecified atom stereocenters. The van der Waals surface area contributed by atoms with Gasteiger partial charge in [0.05, 0.1) is 5.92 Å². The Balaban J connectivity index is 1.86. The van der Waals surface area contributed by atoms with Crippen LogP contribution in [0.15, 0.2) is 72.8 Å². The number of carbonyl (C=O) groups excluding carboxylic acids is 1. The number of Topliss-reactive ketones (excluding diaryl/α,β-unsaturated/α-hetero) is 1. The summed E-state index contributed by atoms with van der Waals surface area (Å²) in [7, 11) is 0. The highest BCUT2D eigenvalue weighted by Crippen LogP contribution is 2.32. The molecule has 0 saturated carbocycles. The van der Waals surface area contributed by atoms with Crippen LogP contribution in [0.2, 0.25) is 0 Å². The number of carbonyl (C=O) groups is 1. The second kappa shape index (κ2) is 4.71. The highest BCUT2D eigenvalue weighted by molar-refractivity contribution is 6.10. The summed E-state index contributed by atoms with van der Waals surface area (Å²) in [5, 5.41) is 2.29. The molecule has 1 aliphatic rings. The van der Waals surface area contributed by atoms with Gasteiger partial charge in [-0.25, -0.2) is 0 Å². The Hall–Kier alpha value is -2.67. The van der Waals surface area contributed by atoms with Crippen LogP contribution in [0.3, 0.4) is 0 Å². The van der Waals surface area contributed by atoms with Crippen LogP contribution in [0.5, 0.6) is 0 Å². The molecule has 0 fully saturated rings. The Morgan fingerprint density at radius 2 is 1.43 bits per heavy atom. The number of hydrogen-bond donors (Lipinski definition) is 0. The number of benzene rings is 3. The molecular weight excluding hydrogens is 256 g/mol. The first-order chi connectivity index (χ1) is 10.3. The molecule has 3 aromatic rings. The van der Waals surface area contributed by atoms with Crippen molar-refractivity contribution in [3.05, 3.63) is 89.5 Å². The molecule has 0 amide bonds. The van der Waals surface area contributed by atoms with Crippen LogP contribution >= 0.6 is 0 Å². The van der Waals surface area contributed by atoms with Crippen molar-refractivity contribution >= 4 is 22.6 Å². The van der Waals surface area contributed by atoms with Gasteiger partial charge in [-0.3, -0.25) is 4.79 Å². The molecule has 0 aliphatic heterocycles. The molecule has 0 radical (unpaired) electrons.